The maximum atomic E-state index is 12.6. The first-order valence-electron chi connectivity index (χ1n) is 13.9. The van der Waals surface area contributed by atoms with Gasteiger partial charge < -0.3 is 19.8 Å². The number of benzene rings is 3. The van der Waals surface area contributed by atoms with Gasteiger partial charge in [0.1, 0.15) is 12.3 Å². The minimum Gasteiger partial charge on any atom is -0.480 e. The SMILES string of the molecule is CN[C@@H](Cc1cccc2c(-n3c(=O)ccn(C)c3=O)cccc12)C(=O)O.C[C@@]1(C=O)CCCN1S(=O)(=O)c1cc(Cl)cc(Cl)c1. The Kier molecular flexibility index (Phi) is 10.4. The monoisotopic (exact) mass is 674 g/mol. The molecule has 4 aromatic rings. The topological polar surface area (TPSA) is 148 Å². The number of carboxylic acid groups (broad SMARTS) is 1. The van der Waals surface area contributed by atoms with Crippen molar-refractivity contribution in [2.45, 2.75) is 42.7 Å². The van der Waals surface area contributed by atoms with Crippen LogP contribution < -0.4 is 16.6 Å². The number of aromatic nitrogens is 2. The van der Waals surface area contributed by atoms with Crippen molar-refractivity contribution in [3.8, 4) is 5.69 Å². The molecule has 3 aromatic carbocycles. The summed E-state index contributed by atoms with van der Waals surface area (Å²) in [7, 11) is -0.588. The molecule has 5 rings (SSSR count). The molecule has 2 heterocycles. The largest absolute Gasteiger partial charge is 0.480 e. The quantitative estimate of drug-likeness (QED) is 0.269. The first-order valence-corrected chi connectivity index (χ1v) is 16.1. The first-order chi connectivity index (χ1) is 21.2. The molecule has 0 bridgehead atoms. The molecule has 0 amide bonds. The zero-order chi connectivity index (χ0) is 33.1. The Morgan fingerprint density at radius 2 is 1.71 bits per heavy atom. The molecule has 1 aliphatic rings. The summed E-state index contributed by atoms with van der Waals surface area (Å²) in [6.07, 6.45) is 3.58. The van der Waals surface area contributed by atoms with E-state index in [1.165, 1.54) is 39.3 Å². The number of rotatable bonds is 8. The molecular formula is C31H32Cl2N4O7S. The molecule has 45 heavy (non-hydrogen) atoms. The molecule has 0 radical (unpaired) electrons. The Balaban J connectivity index is 0.000000215. The minimum atomic E-state index is -3.77. The Hall–Kier alpha value is -3.81. The van der Waals surface area contributed by atoms with E-state index in [1.807, 2.05) is 18.2 Å². The first kappa shape index (κ1) is 34.1. The maximum absolute atomic E-state index is 12.6. The highest BCUT2D eigenvalue weighted by Crippen LogP contribution is 2.34. The van der Waals surface area contributed by atoms with Crippen LogP contribution in [0.4, 0.5) is 0 Å². The van der Waals surface area contributed by atoms with Gasteiger partial charge in [0.05, 0.1) is 16.1 Å². The number of halogens is 2. The predicted molar refractivity (Wildman–Crippen MR) is 173 cm³/mol. The van der Waals surface area contributed by atoms with E-state index in [1.54, 1.807) is 39.2 Å². The molecule has 2 N–H and O–H groups in total. The summed E-state index contributed by atoms with van der Waals surface area (Å²) in [6, 6.07) is 15.6. The lowest BCUT2D eigenvalue weighted by atomic mass is 9.98. The molecule has 0 aliphatic carbocycles. The lowest BCUT2D eigenvalue weighted by Gasteiger charge is -2.29. The van der Waals surface area contributed by atoms with Gasteiger partial charge in [-0.2, -0.15) is 4.31 Å². The molecule has 238 valence electrons. The van der Waals surface area contributed by atoms with Gasteiger partial charge in [-0.15, -0.1) is 0 Å². The van der Waals surface area contributed by atoms with E-state index in [0.29, 0.717) is 31.4 Å². The van der Waals surface area contributed by atoms with Gasteiger partial charge in [-0.1, -0.05) is 53.5 Å². The van der Waals surface area contributed by atoms with Crippen LogP contribution in [0.3, 0.4) is 0 Å². The third-order valence-corrected chi connectivity index (χ3v) is 10.2. The molecule has 2 atom stereocenters. The van der Waals surface area contributed by atoms with Crippen molar-refractivity contribution in [3.63, 3.8) is 0 Å². The second kappa shape index (κ2) is 13.7. The summed E-state index contributed by atoms with van der Waals surface area (Å²) < 4.78 is 28.8. The van der Waals surface area contributed by atoms with Gasteiger partial charge in [0.25, 0.3) is 5.56 Å². The Morgan fingerprint density at radius 3 is 2.33 bits per heavy atom. The van der Waals surface area contributed by atoms with Crippen LogP contribution in [-0.2, 0) is 33.1 Å². The highest BCUT2D eigenvalue weighted by atomic mass is 35.5. The second-order valence-electron chi connectivity index (χ2n) is 10.8. The number of hydrogen-bond donors (Lipinski definition) is 2. The van der Waals surface area contributed by atoms with Gasteiger partial charge >= 0.3 is 11.7 Å². The number of aldehydes is 1. The summed E-state index contributed by atoms with van der Waals surface area (Å²) in [5.41, 5.74) is -0.536. The van der Waals surface area contributed by atoms with Crippen LogP contribution in [0.5, 0.6) is 0 Å². The highest BCUT2D eigenvalue weighted by Gasteiger charge is 2.44. The number of carbonyl (C=O) groups is 2. The number of likely N-dealkylation sites (N-methyl/N-ethyl adjacent to an activating group) is 1. The van der Waals surface area contributed by atoms with Crippen molar-refractivity contribution in [2.24, 2.45) is 7.05 Å². The Morgan fingerprint density at radius 1 is 1.07 bits per heavy atom. The van der Waals surface area contributed by atoms with Crippen LogP contribution in [0.25, 0.3) is 16.5 Å². The number of carbonyl (C=O) groups excluding carboxylic acids is 1. The van der Waals surface area contributed by atoms with Gasteiger partial charge in [0, 0.05) is 41.3 Å². The second-order valence-corrected chi connectivity index (χ2v) is 13.6. The maximum Gasteiger partial charge on any atom is 0.335 e. The fourth-order valence-electron chi connectivity index (χ4n) is 5.33. The van der Waals surface area contributed by atoms with Crippen LogP contribution in [0.15, 0.2) is 81.3 Å². The van der Waals surface area contributed by atoms with Gasteiger partial charge in [-0.3, -0.25) is 9.59 Å². The number of carboxylic acids is 1. The van der Waals surface area contributed by atoms with Crippen molar-refractivity contribution < 1.29 is 23.1 Å². The highest BCUT2D eigenvalue weighted by molar-refractivity contribution is 7.89. The summed E-state index contributed by atoms with van der Waals surface area (Å²) in [6.45, 7) is 1.94. The molecular weight excluding hydrogens is 643 g/mol. The summed E-state index contributed by atoms with van der Waals surface area (Å²) in [5.74, 6) is -0.936. The molecule has 0 saturated carbocycles. The van der Waals surface area contributed by atoms with Crippen LogP contribution in [0.2, 0.25) is 10.0 Å². The normalized spacial score (nSPS) is 17.4. The average Bonchev–Trinajstić information content (AvgIpc) is 3.40. The summed E-state index contributed by atoms with van der Waals surface area (Å²) in [4.78, 5) is 47.3. The van der Waals surface area contributed by atoms with Crippen molar-refractivity contribution >= 4 is 56.3 Å². The van der Waals surface area contributed by atoms with Gasteiger partial charge in [0.2, 0.25) is 10.0 Å². The lowest BCUT2D eigenvalue weighted by molar-refractivity contribution is -0.139. The lowest BCUT2D eigenvalue weighted by Crippen LogP contribution is -2.46. The van der Waals surface area contributed by atoms with E-state index in [9.17, 15) is 32.7 Å². The van der Waals surface area contributed by atoms with Gasteiger partial charge in [-0.25, -0.2) is 17.8 Å². The molecule has 1 aromatic heterocycles. The Labute approximate surface area is 269 Å². The van der Waals surface area contributed by atoms with E-state index in [0.717, 1.165) is 20.9 Å². The van der Waals surface area contributed by atoms with Crippen molar-refractivity contribution in [2.75, 3.05) is 13.6 Å². The zero-order valence-electron chi connectivity index (χ0n) is 24.7. The van der Waals surface area contributed by atoms with Crippen molar-refractivity contribution in [3.05, 3.63) is 103 Å². The molecule has 1 fully saturated rings. The van der Waals surface area contributed by atoms with E-state index in [2.05, 4.69) is 5.32 Å². The molecule has 11 nitrogen and oxygen atoms in total. The molecule has 0 spiro atoms. The zero-order valence-corrected chi connectivity index (χ0v) is 27.1. The van der Waals surface area contributed by atoms with Gasteiger partial charge in [-0.05, 0) is 68.4 Å². The fourth-order valence-corrected chi connectivity index (χ4v) is 7.84. The van der Waals surface area contributed by atoms with E-state index in [-0.39, 0.29) is 21.4 Å². The van der Waals surface area contributed by atoms with Crippen molar-refractivity contribution in [1.29, 1.82) is 0 Å². The predicted octanol–water partition coefficient (Wildman–Crippen LogP) is 3.64. The van der Waals surface area contributed by atoms with Crippen LogP contribution in [0.1, 0.15) is 25.3 Å². The molecule has 1 saturated heterocycles. The number of nitrogens with one attached hydrogen (secondary N) is 1. The van der Waals surface area contributed by atoms with E-state index in [4.69, 9.17) is 23.2 Å². The Bertz CT molecular complexity index is 1970. The molecule has 0 unspecified atom stereocenters. The number of sulfonamides is 1. The summed E-state index contributed by atoms with van der Waals surface area (Å²) in [5, 5.41) is 14.1. The van der Waals surface area contributed by atoms with Gasteiger partial charge in [0.15, 0.2) is 0 Å². The number of aryl methyl sites for hydroxylation is 1. The van der Waals surface area contributed by atoms with E-state index < -0.39 is 38.8 Å². The average molecular weight is 676 g/mol. The number of nitrogens with zero attached hydrogens (tertiary/aromatic N) is 3. The molecule has 1 aliphatic heterocycles. The molecule has 14 heteroatoms. The van der Waals surface area contributed by atoms with Crippen LogP contribution in [-0.4, -0.2) is 64.4 Å². The number of fused-ring (bicyclic) bond motifs is 1. The van der Waals surface area contributed by atoms with Crippen LogP contribution in [0, 0.1) is 0 Å². The summed E-state index contributed by atoms with van der Waals surface area (Å²) >= 11 is 11.7. The number of aliphatic carboxylic acids is 1. The van der Waals surface area contributed by atoms with E-state index >= 15 is 0 Å². The third-order valence-electron chi connectivity index (χ3n) is 7.75. The standard InChI is InChI=1S/C19H19N3O4.C12H13Cl2NO3S/c1-20-15(18(24)25)11-12-5-3-7-14-13(12)6-4-8-16(14)22-17(23)9-10-21(2)19(22)26;1-12(8-16)3-2-4-15(12)19(17,18)11-6-9(13)5-10(14)7-11/h3-10,15,20H,11H2,1-2H3,(H,24,25);5-8H,2-4H2,1H3/t15-;12-/m00/s1. The fraction of sp³-hybridized carbons (Fsp3) is 0.290. The smallest absolute Gasteiger partial charge is 0.335 e. The third kappa shape index (κ3) is 7.05. The number of hydrogen-bond acceptors (Lipinski definition) is 7. The van der Waals surface area contributed by atoms with Crippen molar-refractivity contribution in [1.82, 2.24) is 18.8 Å². The van der Waals surface area contributed by atoms with Crippen LogP contribution >= 0.6 is 23.2 Å². The minimum absolute atomic E-state index is 0.0139.